The van der Waals surface area contributed by atoms with Gasteiger partial charge in [0.25, 0.3) is 0 Å². The topological polar surface area (TPSA) is 41.7 Å². The van der Waals surface area contributed by atoms with E-state index in [0.29, 0.717) is 0 Å². The second kappa shape index (κ2) is 7.74. The molecule has 0 radical (unpaired) electrons. The number of rotatable bonds is 6. The van der Waals surface area contributed by atoms with Gasteiger partial charge in [0.15, 0.2) is 0 Å². The van der Waals surface area contributed by atoms with E-state index in [-0.39, 0.29) is 5.54 Å². The van der Waals surface area contributed by atoms with Gasteiger partial charge in [-0.3, -0.25) is 4.90 Å². The largest absolute Gasteiger partial charge is 0.385 e. The van der Waals surface area contributed by atoms with Gasteiger partial charge in [0.05, 0.1) is 0 Å². The molecule has 2 aliphatic rings. The smallest absolute Gasteiger partial charge is 0.0480 e. The average molecular weight is 283 g/mol. The van der Waals surface area contributed by atoms with Gasteiger partial charge in [-0.2, -0.15) is 0 Å². The van der Waals surface area contributed by atoms with Gasteiger partial charge < -0.3 is 15.4 Å². The van der Waals surface area contributed by atoms with Crippen molar-refractivity contribution in [2.45, 2.75) is 57.0 Å². The molecule has 1 unspecified atom stereocenters. The second-order valence-electron chi connectivity index (χ2n) is 6.76. The van der Waals surface area contributed by atoms with Crippen LogP contribution in [0.3, 0.4) is 0 Å². The Balaban J connectivity index is 1.82. The minimum atomic E-state index is 0.114. The van der Waals surface area contributed by atoms with E-state index in [4.69, 9.17) is 10.5 Å². The zero-order valence-electron chi connectivity index (χ0n) is 13.4. The average Bonchev–Trinajstić information content (AvgIpc) is 2.53. The maximum Gasteiger partial charge on any atom is 0.0480 e. The summed E-state index contributed by atoms with van der Waals surface area (Å²) in [5.41, 5.74) is 6.16. The third-order valence-corrected chi connectivity index (χ3v) is 5.42. The van der Waals surface area contributed by atoms with E-state index >= 15 is 0 Å². The Morgan fingerprint density at radius 1 is 1.10 bits per heavy atom. The molecule has 0 saturated carbocycles. The molecule has 2 aliphatic heterocycles. The maximum atomic E-state index is 6.05. The molecule has 4 heteroatoms. The lowest BCUT2D eigenvalue weighted by Gasteiger charge is -2.47. The molecule has 4 nitrogen and oxygen atoms in total. The lowest BCUT2D eigenvalue weighted by atomic mass is 9.91. The fraction of sp³-hybridized carbons (Fsp3) is 1.00. The van der Waals surface area contributed by atoms with Crippen LogP contribution < -0.4 is 5.73 Å². The first-order valence-corrected chi connectivity index (χ1v) is 8.38. The van der Waals surface area contributed by atoms with Gasteiger partial charge in [0.2, 0.25) is 0 Å². The number of piperidine rings is 2. The normalized spacial score (nSPS) is 26.6. The molecule has 2 saturated heterocycles. The van der Waals surface area contributed by atoms with Crippen molar-refractivity contribution >= 4 is 0 Å². The van der Waals surface area contributed by atoms with Crippen LogP contribution in [0.15, 0.2) is 0 Å². The fourth-order valence-corrected chi connectivity index (χ4v) is 3.77. The van der Waals surface area contributed by atoms with Crippen molar-refractivity contribution in [2.24, 2.45) is 5.73 Å². The summed E-state index contributed by atoms with van der Waals surface area (Å²) >= 11 is 0. The molecule has 0 aromatic carbocycles. The number of hydrogen-bond acceptors (Lipinski definition) is 4. The van der Waals surface area contributed by atoms with Gasteiger partial charge in [0, 0.05) is 44.9 Å². The number of methoxy groups -OCH3 is 1. The molecular formula is C16H33N3O. The summed E-state index contributed by atoms with van der Waals surface area (Å²) < 4.78 is 5.26. The van der Waals surface area contributed by atoms with E-state index in [9.17, 15) is 0 Å². The van der Waals surface area contributed by atoms with Crippen LogP contribution in [0.1, 0.15) is 45.4 Å². The molecule has 2 rings (SSSR count). The number of nitrogens with zero attached hydrogens (tertiary/aromatic N) is 2. The SMILES string of the molecule is COCCC(C)(CN)N1CCC(N2CCCCC2)CC1. The molecule has 20 heavy (non-hydrogen) atoms. The first-order chi connectivity index (χ1) is 9.69. The number of ether oxygens (including phenoxy) is 1. The van der Waals surface area contributed by atoms with Crippen LogP contribution in [-0.4, -0.2) is 67.8 Å². The molecule has 118 valence electrons. The molecular weight excluding hydrogens is 250 g/mol. The molecule has 0 spiro atoms. The summed E-state index contributed by atoms with van der Waals surface area (Å²) in [4.78, 5) is 5.34. The lowest BCUT2D eigenvalue weighted by molar-refractivity contribution is 0.0204. The molecule has 0 bridgehead atoms. The predicted molar refractivity (Wildman–Crippen MR) is 84.0 cm³/mol. The highest BCUT2D eigenvalue weighted by molar-refractivity contribution is 4.92. The minimum absolute atomic E-state index is 0.114. The summed E-state index contributed by atoms with van der Waals surface area (Å²) in [6.07, 6.45) is 7.88. The highest BCUT2D eigenvalue weighted by Gasteiger charge is 2.34. The van der Waals surface area contributed by atoms with E-state index < -0.39 is 0 Å². The van der Waals surface area contributed by atoms with Crippen molar-refractivity contribution in [3.05, 3.63) is 0 Å². The maximum absolute atomic E-state index is 6.05. The second-order valence-corrected chi connectivity index (χ2v) is 6.76. The van der Waals surface area contributed by atoms with Crippen molar-refractivity contribution in [3.63, 3.8) is 0 Å². The van der Waals surface area contributed by atoms with Crippen LogP contribution in [0.4, 0.5) is 0 Å². The van der Waals surface area contributed by atoms with E-state index in [1.54, 1.807) is 7.11 Å². The van der Waals surface area contributed by atoms with Gasteiger partial charge >= 0.3 is 0 Å². The van der Waals surface area contributed by atoms with E-state index in [1.165, 1.54) is 58.3 Å². The highest BCUT2D eigenvalue weighted by atomic mass is 16.5. The molecule has 1 atom stereocenters. The number of nitrogens with two attached hydrogens (primary N) is 1. The molecule has 0 amide bonds. The van der Waals surface area contributed by atoms with E-state index in [2.05, 4.69) is 16.7 Å². The highest BCUT2D eigenvalue weighted by Crippen LogP contribution is 2.27. The van der Waals surface area contributed by atoms with Crippen molar-refractivity contribution in [1.29, 1.82) is 0 Å². The summed E-state index contributed by atoms with van der Waals surface area (Å²) in [6.45, 7) is 8.86. The Kier molecular flexibility index (Phi) is 6.27. The lowest BCUT2D eigenvalue weighted by Crippen LogP contribution is -2.57. The number of likely N-dealkylation sites (tertiary alicyclic amines) is 2. The first-order valence-electron chi connectivity index (χ1n) is 8.38. The van der Waals surface area contributed by atoms with Crippen molar-refractivity contribution in [2.75, 3.05) is 46.4 Å². The molecule has 0 aliphatic carbocycles. The first kappa shape index (κ1) is 16.2. The molecule has 2 N–H and O–H groups in total. The molecule has 0 aromatic heterocycles. The monoisotopic (exact) mass is 283 g/mol. The third-order valence-electron chi connectivity index (χ3n) is 5.42. The van der Waals surface area contributed by atoms with Crippen LogP contribution in [0.2, 0.25) is 0 Å². The Morgan fingerprint density at radius 2 is 1.75 bits per heavy atom. The van der Waals surface area contributed by atoms with Crippen molar-refractivity contribution in [3.8, 4) is 0 Å². The van der Waals surface area contributed by atoms with Gasteiger partial charge in [-0.1, -0.05) is 6.42 Å². The van der Waals surface area contributed by atoms with Gasteiger partial charge in [-0.25, -0.2) is 0 Å². The van der Waals surface area contributed by atoms with Crippen molar-refractivity contribution < 1.29 is 4.74 Å². The van der Waals surface area contributed by atoms with Gasteiger partial charge in [-0.15, -0.1) is 0 Å². The Bertz CT molecular complexity index is 273. The standard InChI is InChI=1S/C16H33N3O/c1-16(14-17,8-13-20-2)19-11-6-15(7-12-19)18-9-4-3-5-10-18/h15H,3-14,17H2,1-2H3. The van der Waals surface area contributed by atoms with Crippen molar-refractivity contribution in [1.82, 2.24) is 9.80 Å². The van der Waals surface area contributed by atoms with Crippen LogP contribution >= 0.6 is 0 Å². The molecule has 2 fully saturated rings. The van der Waals surface area contributed by atoms with Gasteiger partial charge in [-0.05, 0) is 52.1 Å². The predicted octanol–water partition coefficient (Wildman–Crippen LogP) is 1.69. The zero-order chi connectivity index (χ0) is 14.4. The fourth-order valence-electron chi connectivity index (χ4n) is 3.77. The van der Waals surface area contributed by atoms with E-state index in [1.807, 2.05) is 0 Å². The van der Waals surface area contributed by atoms with Crippen LogP contribution in [0.5, 0.6) is 0 Å². The molecule has 0 aromatic rings. The molecule has 2 heterocycles. The Hall–Kier alpha value is -0.160. The minimum Gasteiger partial charge on any atom is -0.385 e. The van der Waals surface area contributed by atoms with Crippen LogP contribution in [0, 0.1) is 0 Å². The zero-order valence-corrected chi connectivity index (χ0v) is 13.4. The van der Waals surface area contributed by atoms with Crippen LogP contribution in [-0.2, 0) is 4.74 Å². The third kappa shape index (κ3) is 3.94. The summed E-state index contributed by atoms with van der Waals surface area (Å²) in [6, 6.07) is 0.816. The van der Waals surface area contributed by atoms with Crippen LogP contribution in [0.25, 0.3) is 0 Å². The summed E-state index contributed by atoms with van der Waals surface area (Å²) in [5.74, 6) is 0. The van der Waals surface area contributed by atoms with E-state index in [0.717, 1.165) is 25.6 Å². The Morgan fingerprint density at radius 3 is 2.30 bits per heavy atom. The summed E-state index contributed by atoms with van der Waals surface area (Å²) in [5, 5.41) is 0. The van der Waals surface area contributed by atoms with Gasteiger partial charge in [0.1, 0.15) is 0 Å². The number of hydrogen-bond donors (Lipinski definition) is 1. The Labute approximate surface area is 124 Å². The quantitative estimate of drug-likeness (QED) is 0.805. The summed E-state index contributed by atoms with van der Waals surface area (Å²) in [7, 11) is 1.78.